The molecule has 4 fully saturated rings. The van der Waals surface area contributed by atoms with E-state index in [1.54, 1.807) is 18.2 Å². The molecule has 0 spiro atoms. The smallest absolute Gasteiger partial charge is 0.230 e. The van der Waals surface area contributed by atoms with Crippen molar-refractivity contribution in [3.05, 3.63) is 54.4 Å². The molecular weight excluding hydrogens is 599 g/mol. The zero-order valence-electron chi connectivity index (χ0n) is 26.5. The molecule has 11 nitrogen and oxygen atoms in total. The second-order valence-electron chi connectivity index (χ2n) is 12.9. The van der Waals surface area contributed by atoms with Crippen molar-refractivity contribution in [2.45, 2.75) is 62.9 Å². The molecule has 4 heterocycles. The summed E-state index contributed by atoms with van der Waals surface area (Å²) < 4.78 is 26.6. The van der Waals surface area contributed by atoms with E-state index in [1.807, 2.05) is 12.1 Å². The van der Waals surface area contributed by atoms with Gasteiger partial charge >= 0.3 is 0 Å². The summed E-state index contributed by atoms with van der Waals surface area (Å²) in [5, 5.41) is 16.4. The fourth-order valence-corrected chi connectivity index (χ4v) is 7.04. The van der Waals surface area contributed by atoms with Crippen LogP contribution in [0.5, 0.6) is 5.75 Å². The Kier molecular flexibility index (Phi) is 9.56. The standard InChI is InChI=1S/C35H41FN8O3/c36-29-18-23(33(45)30-3-1-2-12-38-30)4-11-32(29)47-31-10-5-24(17-25(31)19-37)34-39-22-40-35(42-34)41-26-6-8-27(9-7-26)43-13-15-44(16-14-43)28-20-46-21-28/h5-10,17,22-23,28-30,32,38H,1-4,11-16,18,20-21H2,(H,39,40,41,42)/t23?,29-,30+,32+/m1/s1. The Bertz CT molecular complexity index is 1580. The van der Waals surface area contributed by atoms with Crippen LogP contribution in [-0.4, -0.2) is 95.9 Å². The molecule has 1 aromatic heterocycles. The normalized spacial score (nSPS) is 25.4. The highest BCUT2D eigenvalue weighted by atomic mass is 19.1. The molecular formula is C35H41FN8O3. The van der Waals surface area contributed by atoms with Gasteiger partial charge in [-0.3, -0.25) is 9.69 Å². The molecule has 2 aromatic carbocycles. The van der Waals surface area contributed by atoms with Crippen LogP contribution in [-0.2, 0) is 9.53 Å². The van der Waals surface area contributed by atoms with Crippen LogP contribution < -0.4 is 20.3 Å². The van der Waals surface area contributed by atoms with Crippen LogP contribution in [0.1, 0.15) is 44.1 Å². The number of piperidine rings is 1. The number of carbonyl (C=O) groups excluding carboxylic acids is 1. The molecule has 0 amide bonds. The van der Waals surface area contributed by atoms with Gasteiger partial charge in [-0.15, -0.1) is 0 Å². The van der Waals surface area contributed by atoms with Crippen molar-refractivity contribution in [3.8, 4) is 23.2 Å². The number of benzene rings is 2. The van der Waals surface area contributed by atoms with Gasteiger partial charge < -0.3 is 25.0 Å². The molecule has 4 aliphatic rings. The van der Waals surface area contributed by atoms with E-state index >= 15 is 4.39 Å². The molecule has 1 saturated carbocycles. The predicted octanol–water partition coefficient (Wildman–Crippen LogP) is 4.27. The van der Waals surface area contributed by atoms with Crippen molar-refractivity contribution in [1.82, 2.24) is 25.2 Å². The topological polar surface area (TPSA) is 129 Å². The van der Waals surface area contributed by atoms with E-state index in [0.29, 0.717) is 42.0 Å². The summed E-state index contributed by atoms with van der Waals surface area (Å²) >= 11 is 0. The minimum absolute atomic E-state index is 0.126. The molecule has 3 aliphatic heterocycles. The SMILES string of the molecule is N#Cc1cc(-c2ncnc(Nc3ccc(N4CCN(C5COC5)CC4)cc3)n2)ccc1O[C@H]1CCC(C(=O)[C@@H]2CCCCN2)C[C@H]1F. The third-order valence-electron chi connectivity index (χ3n) is 9.92. The van der Waals surface area contributed by atoms with Gasteiger partial charge in [0.15, 0.2) is 11.6 Å². The Hall–Kier alpha value is -4.18. The quantitative estimate of drug-likeness (QED) is 0.348. The summed E-state index contributed by atoms with van der Waals surface area (Å²) in [6, 6.07) is 15.9. The van der Waals surface area contributed by atoms with Gasteiger partial charge in [0, 0.05) is 49.0 Å². The predicted molar refractivity (Wildman–Crippen MR) is 175 cm³/mol. The second kappa shape index (κ2) is 14.3. The monoisotopic (exact) mass is 640 g/mol. The average molecular weight is 641 g/mol. The summed E-state index contributed by atoms with van der Waals surface area (Å²) in [5.41, 5.74) is 2.92. The van der Waals surface area contributed by atoms with Crippen LogP contribution in [0, 0.1) is 17.2 Å². The maximum Gasteiger partial charge on any atom is 0.230 e. The van der Waals surface area contributed by atoms with Crippen LogP contribution >= 0.6 is 0 Å². The van der Waals surface area contributed by atoms with E-state index in [1.165, 1.54) is 12.0 Å². The first-order valence-corrected chi connectivity index (χ1v) is 16.8. The molecule has 12 heteroatoms. The molecule has 3 aromatic rings. The number of nitriles is 1. The zero-order valence-corrected chi connectivity index (χ0v) is 26.5. The number of hydrogen-bond donors (Lipinski definition) is 2. The highest BCUT2D eigenvalue weighted by molar-refractivity contribution is 5.86. The van der Waals surface area contributed by atoms with E-state index in [9.17, 15) is 10.1 Å². The molecule has 1 aliphatic carbocycles. The number of carbonyl (C=O) groups is 1. The summed E-state index contributed by atoms with van der Waals surface area (Å²) in [6.45, 7) is 6.60. The minimum atomic E-state index is -1.28. The molecule has 246 valence electrons. The first-order chi connectivity index (χ1) is 23.0. The van der Waals surface area contributed by atoms with Crippen molar-refractivity contribution in [3.63, 3.8) is 0 Å². The van der Waals surface area contributed by atoms with E-state index in [0.717, 1.165) is 70.9 Å². The van der Waals surface area contributed by atoms with E-state index in [4.69, 9.17) is 9.47 Å². The minimum Gasteiger partial charge on any atom is -0.486 e. The zero-order chi connectivity index (χ0) is 32.2. The molecule has 0 bridgehead atoms. The number of hydrogen-bond acceptors (Lipinski definition) is 11. The summed E-state index contributed by atoms with van der Waals surface area (Å²) in [6.07, 6.45) is 3.53. The van der Waals surface area contributed by atoms with E-state index in [2.05, 4.69) is 53.6 Å². The van der Waals surface area contributed by atoms with Gasteiger partial charge in [0.25, 0.3) is 0 Å². The number of Topliss-reactive ketones (excluding diaryl/α,β-unsaturated/α-hetero) is 1. The number of alkyl halides is 1. The van der Waals surface area contributed by atoms with Crippen LogP contribution in [0.2, 0.25) is 0 Å². The third-order valence-corrected chi connectivity index (χ3v) is 9.92. The van der Waals surface area contributed by atoms with Gasteiger partial charge in [0.1, 0.15) is 30.4 Å². The van der Waals surface area contributed by atoms with Gasteiger partial charge in [-0.2, -0.15) is 10.2 Å². The lowest BCUT2D eigenvalue weighted by atomic mass is 9.80. The molecule has 4 atom stereocenters. The molecule has 1 unspecified atom stereocenters. The molecule has 0 radical (unpaired) electrons. The Balaban J connectivity index is 0.954. The Morgan fingerprint density at radius 2 is 1.87 bits per heavy atom. The molecule has 7 rings (SSSR count). The van der Waals surface area contributed by atoms with Gasteiger partial charge in [-0.1, -0.05) is 6.42 Å². The Morgan fingerprint density at radius 1 is 1.04 bits per heavy atom. The number of ether oxygens (including phenoxy) is 2. The van der Waals surface area contributed by atoms with Crippen LogP contribution in [0.4, 0.5) is 21.7 Å². The van der Waals surface area contributed by atoms with Crippen LogP contribution in [0.25, 0.3) is 11.4 Å². The summed E-state index contributed by atoms with van der Waals surface area (Å²) in [5.74, 6) is 0.925. The fraction of sp³-hybridized carbons (Fsp3) is 0.514. The number of ketones is 1. The van der Waals surface area contributed by atoms with E-state index in [-0.39, 0.29) is 29.7 Å². The van der Waals surface area contributed by atoms with Crippen molar-refractivity contribution in [2.24, 2.45) is 5.92 Å². The summed E-state index contributed by atoms with van der Waals surface area (Å²) in [7, 11) is 0. The largest absolute Gasteiger partial charge is 0.486 e. The number of anilines is 3. The maximum absolute atomic E-state index is 15.3. The Morgan fingerprint density at radius 3 is 2.57 bits per heavy atom. The number of nitrogens with one attached hydrogen (secondary N) is 2. The number of nitrogens with zero attached hydrogens (tertiary/aromatic N) is 6. The van der Waals surface area contributed by atoms with Crippen molar-refractivity contribution in [2.75, 3.05) is 56.2 Å². The first kappa shape index (κ1) is 31.4. The second-order valence-corrected chi connectivity index (χ2v) is 12.9. The fourth-order valence-electron chi connectivity index (χ4n) is 7.04. The number of halogens is 1. The third kappa shape index (κ3) is 7.22. The van der Waals surface area contributed by atoms with Crippen molar-refractivity contribution >= 4 is 23.1 Å². The number of rotatable bonds is 9. The van der Waals surface area contributed by atoms with Gasteiger partial charge in [-0.25, -0.2) is 14.4 Å². The van der Waals surface area contributed by atoms with Crippen molar-refractivity contribution in [1.29, 1.82) is 5.26 Å². The maximum atomic E-state index is 15.3. The Labute approximate surface area is 274 Å². The highest BCUT2D eigenvalue weighted by Crippen LogP contribution is 2.34. The van der Waals surface area contributed by atoms with Gasteiger partial charge in [-0.05, 0) is 81.1 Å². The van der Waals surface area contributed by atoms with Gasteiger partial charge in [0.05, 0.1) is 30.9 Å². The summed E-state index contributed by atoms with van der Waals surface area (Å²) in [4.78, 5) is 31.0. The van der Waals surface area contributed by atoms with Crippen LogP contribution in [0.3, 0.4) is 0 Å². The number of piperazine rings is 1. The van der Waals surface area contributed by atoms with Crippen molar-refractivity contribution < 1.29 is 18.7 Å². The highest BCUT2D eigenvalue weighted by Gasteiger charge is 2.38. The first-order valence-electron chi connectivity index (χ1n) is 16.8. The molecule has 2 N–H and O–H groups in total. The lowest BCUT2D eigenvalue weighted by Crippen LogP contribution is -2.56. The van der Waals surface area contributed by atoms with Crippen LogP contribution in [0.15, 0.2) is 48.8 Å². The number of aromatic nitrogens is 3. The molecule has 47 heavy (non-hydrogen) atoms. The van der Waals surface area contributed by atoms with Gasteiger partial charge in [0.2, 0.25) is 5.95 Å². The average Bonchev–Trinajstić information content (AvgIpc) is 3.09. The lowest BCUT2D eigenvalue weighted by molar-refractivity contribution is -0.128. The van der Waals surface area contributed by atoms with E-state index < -0.39 is 12.3 Å². The lowest BCUT2D eigenvalue weighted by Gasteiger charge is -2.43. The molecule has 3 saturated heterocycles.